The Morgan fingerprint density at radius 3 is 1.71 bits per heavy atom. The van der Waals surface area contributed by atoms with Gasteiger partial charge in [-0.05, 0) is 57.7 Å². The van der Waals surface area contributed by atoms with Crippen LogP contribution in [0.2, 0.25) is 0 Å². The number of hydrogen-bond donors (Lipinski definition) is 0. The molecule has 0 saturated carbocycles. The Hall–Kier alpha value is -2.75. The molecule has 2 heterocycles. The summed E-state index contributed by atoms with van der Waals surface area (Å²) in [6, 6.07) is 27.5. The van der Waals surface area contributed by atoms with Crippen LogP contribution < -0.4 is 0 Å². The monoisotopic (exact) mass is 482 g/mol. The molecule has 1 fully saturated rings. The van der Waals surface area contributed by atoms with Gasteiger partial charge < -0.3 is 13.8 Å². The molecule has 2 aliphatic heterocycles. The summed E-state index contributed by atoms with van der Waals surface area (Å²) >= 11 is 0. The van der Waals surface area contributed by atoms with Crippen LogP contribution in [0.15, 0.2) is 84.2 Å². The van der Waals surface area contributed by atoms with Crippen LogP contribution in [0.4, 0.5) is 0 Å². The van der Waals surface area contributed by atoms with E-state index in [2.05, 4.69) is 60.7 Å². The third kappa shape index (κ3) is 2.83. The summed E-state index contributed by atoms with van der Waals surface area (Å²) in [5.74, 6) is 0.111. The second-order valence-corrected chi connectivity index (χ2v) is 11.4. The third-order valence-electron chi connectivity index (χ3n) is 7.82. The van der Waals surface area contributed by atoms with Crippen molar-refractivity contribution in [2.45, 2.75) is 26.1 Å². The molecule has 0 radical (unpaired) electrons. The highest BCUT2D eigenvalue weighted by Crippen LogP contribution is 2.78. The minimum absolute atomic E-state index is 0.0174. The zero-order valence-electron chi connectivity index (χ0n) is 19.8. The summed E-state index contributed by atoms with van der Waals surface area (Å²) in [4.78, 5) is 0. The van der Waals surface area contributed by atoms with E-state index in [1.807, 2.05) is 32.0 Å². The molecule has 5 heteroatoms. The van der Waals surface area contributed by atoms with Gasteiger partial charge in [-0.2, -0.15) is 0 Å². The van der Waals surface area contributed by atoms with Crippen molar-refractivity contribution in [3.8, 4) is 0 Å². The molecule has 0 aromatic heterocycles. The predicted octanol–water partition coefficient (Wildman–Crippen LogP) is 8.04. The number of fused-ring (bicyclic) bond motifs is 13. The maximum atomic E-state index is 14.2. The van der Waals surface area contributed by atoms with Gasteiger partial charge in [0.2, 0.25) is 0 Å². The molecule has 2 bridgehead atoms. The summed E-state index contributed by atoms with van der Waals surface area (Å²) in [7, 11) is -3.47. The Morgan fingerprint density at radius 1 is 0.686 bits per heavy atom. The van der Waals surface area contributed by atoms with Crippen LogP contribution in [-0.2, 0) is 18.3 Å². The van der Waals surface area contributed by atoms with Crippen molar-refractivity contribution in [3.05, 3.63) is 101 Å². The number of benzene rings is 4. The molecule has 35 heavy (non-hydrogen) atoms. The molecule has 4 unspecified atom stereocenters. The highest BCUT2D eigenvalue weighted by molar-refractivity contribution is 7.59. The summed E-state index contributed by atoms with van der Waals surface area (Å²) in [5.41, 5.74) is 4.69. The van der Waals surface area contributed by atoms with E-state index >= 15 is 0 Å². The highest BCUT2D eigenvalue weighted by atomic mass is 31.2. The molecule has 7 rings (SSSR count). The molecular formula is C30H27O4P. The number of hydrogen-bond acceptors (Lipinski definition) is 4. The summed E-state index contributed by atoms with van der Waals surface area (Å²) in [6.45, 7) is 4.41. The lowest BCUT2D eigenvalue weighted by Gasteiger charge is -2.45. The number of rotatable bonds is 6. The van der Waals surface area contributed by atoms with E-state index < -0.39 is 7.60 Å². The molecule has 4 aromatic carbocycles. The molecule has 0 N–H and O–H groups in total. The Kier molecular flexibility index (Phi) is 4.84. The van der Waals surface area contributed by atoms with Crippen molar-refractivity contribution in [3.63, 3.8) is 0 Å². The molecule has 176 valence electrons. The van der Waals surface area contributed by atoms with E-state index in [1.54, 1.807) is 0 Å². The Bertz CT molecular complexity index is 1550. The van der Waals surface area contributed by atoms with Crippen LogP contribution in [0.1, 0.15) is 42.7 Å². The average Bonchev–Trinajstić information content (AvgIpc) is 3.38. The maximum Gasteiger partial charge on any atom is 0.358 e. The van der Waals surface area contributed by atoms with Crippen molar-refractivity contribution in [1.29, 1.82) is 0 Å². The first-order chi connectivity index (χ1) is 17.2. The van der Waals surface area contributed by atoms with Crippen molar-refractivity contribution in [2.75, 3.05) is 13.2 Å². The van der Waals surface area contributed by atoms with Gasteiger partial charge in [0.05, 0.1) is 30.7 Å². The quantitative estimate of drug-likeness (QED) is 0.206. The lowest BCUT2D eigenvalue weighted by Crippen LogP contribution is -2.35. The van der Waals surface area contributed by atoms with Gasteiger partial charge in [0, 0.05) is 11.8 Å². The van der Waals surface area contributed by atoms with E-state index in [0.29, 0.717) is 13.2 Å². The van der Waals surface area contributed by atoms with Crippen molar-refractivity contribution >= 4 is 34.7 Å². The van der Waals surface area contributed by atoms with Crippen molar-refractivity contribution < 1.29 is 18.3 Å². The van der Waals surface area contributed by atoms with Crippen LogP contribution >= 0.6 is 7.60 Å². The highest BCUT2D eigenvalue weighted by Gasteiger charge is 2.65. The fourth-order valence-electron chi connectivity index (χ4n) is 6.71. The van der Waals surface area contributed by atoms with Gasteiger partial charge in [0.25, 0.3) is 0 Å². The largest absolute Gasteiger partial charge is 0.364 e. The van der Waals surface area contributed by atoms with Gasteiger partial charge in [-0.25, -0.2) is 0 Å². The van der Waals surface area contributed by atoms with Crippen LogP contribution in [-0.4, -0.2) is 13.2 Å². The van der Waals surface area contributed by atoms with Gasteiger partial charge in [0.1, 0.15) is 0 Å². The molecule has 4 nitrogen and oxygen atoms in total. The van der Waals surface area contributed by atoms with Gasteiger partial charge >= 0.3 is 7.60 Å². The average molecular weight is 483 g/mol. The molecule has 1 aliphatic carbocycles. The lowest BCUT2D eigenvalue weighted by molar-refractivity contribution is 0.0630. The van der Waals surface area contributed by atoms with E-state index in [4.69, 9.17) is 13.8 Å². The second kappa shape index (κ2) is 7.88. The van der Waals surface area contributed by atoms with E-state index in [9.17, 15) is 4.57 Å². The first-order valence-electron chi connectivity index (χ1n) is 12.5. The Morgan fingerprint density at radius 2 is 1.17 bits per heavy atom. The molecule has 0 spiro atoms. The van der Waals surface area contributed by atoms with Gasteiger partial charge in [-0.1, -0.05) is 78.9 Å². The van der Waals surface area contributed by atoms with Gasteiger partial charge in [-0.3, -0.25) is 4.57 Å². The normalized spacial score (nSPS) is 24.6. The first kappa shape index (κ1) is 21.5. The van der Waals surface area contributed by atoms with E-state index in [1.165, 1.54) is 32.7 Å². The second-order valence-electron chi connectivity index (χ2n) is 9.45. The van der Waals surface area contributed by atoms with Crippen LogP contribution in [0.25, 0.3) is 27.1 Å². The SMILES string of the molecule is CCOP(=O)(OCC)C1=C(c2ccccc2)C2C3OC(c4c3c3ccccc3c3ccccc43)C12. The van der Waals surface area contributed by atoms with Crippen LogP contribution in [0.5, 0.6) is 0 Å². The smallest absolute Gasteiger partial charge is 0.358 e. The maximum absolute atomic E-state index is 14.2. The lowest BCUT2D eigenvalue weighted by atomic mass is 9.62. The molecule has 3 aliphatic rings. The molecular weight excluding hydrogens is 455 g/mol. The van der Waals surface area contributed by atoms with Crippen molar-refractivity contribution in [2.24, 2.45) is 11.8 Å². The predicted molar refractivity (Wildman–Crippen MR) is 139 cm³/mol. The minimum Gasteiger partial charge on any atom is -0.364 e. The third-order valence-corrected chi connectivity index (χ3v) is 10.1. The summed E-state index contributed by atoms with van der Waals surface area (Å²) < 4.78 is 32.8. The molecule has 0 amide bonds. The Balaban J connectivity index is 1.50. The number of ether oxygens (including phenoxy) is 1. The molecule has 1 saturated heterocycles. The van der Waals surface area contributed by atoms with Crippen molar-refractivity contribution in [1.82, 2.24) is 0 Å². The zero-order valence-corrected chi connectivity index (χ0v) is 20.7. The van der Waals surface area contributed by atoms with Crippen LogP contribution in [0.3, 0.4) is 0 Å². The molecule has 4 atom stereocenters. The summed E-state index contributed by atoms with van der Waals surface area (Å²) in [5, 5.41) is 5.79. The topological polar surface area (TPSA) is 44.8 Å². The van der Waals surface area contributed by atoms with Gasteiger partial charge in [-0.15, -0.1) is 0 Å². The standard InChI is InChI=1S/C30H27O4P/c1-3-32-35(31,33-4-2)30-23(18-12-6-5-7-13-18)26-27(30)29-25-22-17-11-9-15-20(22)19-14-8-10-16-21(19)24(25)28(26)34-29/h5-17,26-29H,3-4H2,1-2H3. The fourth-order valence-corrected chi connectivity index (χ4v) is 8.98. The van der Waals surface area contributed by atoms with E-state index in [-0.39, 0.29) is 24.0 Å². The summed E-state index contributed by atoms with van der Waals surface area (Å²) in [6.07, 6.45) is -0.239. The first-order valence-corrected chi connectivity index (χ1v) is 14.0. The van der Waals surface area contributed by atoms with Gasteiger partial charge in [0.15, 0.2) is 0 Å². The zero-order chi connectivity index (χ0) is 23.7. The molecule has 4 aromatic rings. The van der Waals surface area contributed by atoms with Crippen LogP contribution in [0, 0.1) is 11.8 Å². The van der Waals surface area contributed by atoms with E-state index in [0.717, 1.165) is 16.5 Å². The minimum atomic E-state index is -3.47. The fraction of sp³-hybridized carbons (Fsp3) is 0.267. The Labute approximate surface area is 205 Å².